The lowest BCUT2D eigenvalue weighted by molar-refractivity contribution is 0.147. The second-order valence-electron chi connectivity index (χ2n) is 4.39. The Morgan fingerprint density at radius 1 is 1.42 bits per heavy atom. The van der Waals surface area contributed by atoms with E-state index in [0.29, 0.717) is 5.75 Å². The van der Waals surface area contributed by atoms with Crippen molar-refractivity contribution in [1.82, 2.24) is 10.2 Å². The van der Waals surface area contributed by atoms with Crippen LogP contribution in [0, 0.1) is 0 Å². The third-order valence-electron chi connectivity index (χ3n) is 3.33. The predicted octanol–water partition coefficient (Wildman–Crippen LogP) is 1.74. The van der Waals surface area contributed by atoms with Gasteiger partial charge in [0.15, 0.2) is 11.5 Å². The SMILES string of the molecule is COc1ccc([C@H](CF)N2CCNCC2)cc1O.Cl. The van der Waals surface area contributed by atoms with E-state index in [4.69, 9.17) is 4.74 Å². The lowest BCUT2D eigenvalue weighted by atomic mass is 10.0. The molecule has 0 spiro atoms. The monoisotopic (exact) mass is 290 g/mol. The van der Waals surface area contributed by atoms with E-state index in [1.807, 2.05) is 6.07 Å². The molecular weight excluding hydrogens is 271 g/mol. The third-order valence-corrected chi connectivity index (χ3v) is 3.33. The smallest absolute Gasteiger partial charge is 0.160 e. The minimum Gasteiger partial charge on any atom is -0.504 e. The van der Waals surface area contributed by atoms with Crippen LogP contribution in [-0.2, 0) is 0 Å². The van der Waals surface area contributed by atoms with Crippen LogP contribution in [0.5, 0.6) is 11.5 Å². The molecule has 0 unspecified atom stereocenters. The number of rotatable bonds is 4. The van der Waals surface area contributed by atoms with E-state index >= 15 is 0 Å². The van der Waals surface area contributed by atoms with Gasteiger partial charge in [0.25, 0.3) is 0 Å². The van der Waals surface area contributed by atoms with Crippen molar-refractivity contribution in [2.24, 2.45) is 0 Å². The van der Waals surface area contributed by atoms with Crippen LogP contribution in [0.3, 0.4) is 0 Å². The topological polar surface area (TPSA) is 44.7 Å². The highest BCUT2D eigenvalue weighted by atomic mass is 35.5. The number of alkyl halides is 1. The predicted molar refractivity (Wildman–Crippen MR) is 75.1 cm³/mol. The number of hydrogen-bond donors (Lipinski definition) is 2. The Labute approximate surface area is 119 Å². The first-order valence-corrected chi connectivity index (χ1v) is 6.14. The molecule has 1 fully saturated rings. The number of nitrogens with one attached hydrogen (secondary N) is 1. The summed E-state index contributed by atoms with van der Waals surface area (Å²) in [6.45, 7) is 2.94. The van der Waals surface area contributed by atoms with Crippen LogP contribution in [-0.4, -0.2) is 50.0 Å². The second-order valence-corrected chi connectivity index (χ2v) is 4.39. The van der Waals surface area contributed by atoms with Crippen molar-refractivity contribution in [2.45, 2.75) is 6.04 Å². The number of nitrogens with zero attached hydrogens (tertiary/aromatic N) is 1. The van der Waals surface area contributed by atoms with Gasteiger partial charge in [-0.15, -0.1) is 12.4 Å². The fraction of sp³-hybridized carbons (Fsp3) is 0.538. The van der Waals surface area contributed by atoms with Gasteiger partial charge >= 0.3 is 0 Å². The minimum absolute atomic E-state index is 0. The number of phenols is 1. The summed E-state index contributed by atoms with van der Waals surface area (Å²) in [5, 5.41) is 13.0. The Morgan fingerprint density at radius 2 is 2.11 bits per heavy atom. The Bertz CT molecular complexity index is 400. The van der Waals surface area contributed by atoms with E-state index in [0.717, 1.165) is 31.7 Å². The maximum Gasteiger partial charge on any atom is 0.160 e. The fourth-order valence-corrected chi connectivity index (χ4v) is 2.31. The molecule has 1 aliphatic rings. The number of phenolic OH excluding ortho intramolecular Hbond substituents is 1. The molecule has 2 N–H and O–H groups in total. The van der Waals surface area contributed by atoms with Crippen LogP contribution in [0.4, 0.5) is 4.39 Å². The van der Waals surface area contributed by atoms with Gasteiger partial charge in [-0.25, -0.2) is 4.39 Å². The zero-order chi connectivity index (χ0) is 13.0. The average molecular weight is 291 g/mol. The van der Waals surface area contributed by atoms with Crippen molar-refractivity contribution >= 4 is 12.4 Å². The molecule has 108 valence electrons. The van der Waals surface area contributed by atoms with Crippen LogP contribution in [0.1, 0.15) is 11.6 Å². The molecule has 0 aromatic heterocycles. The quantitative estimate of drug-likeness (QED) is 0.887. The third kappa shape index (κ3) is 3.72. The Kier molecular flexibility index (Phi) is 6.34. The number of ether oxygens (including phenoxy) is 1. The van der Waals surface area contributed by atoms with E-state index in [1.165, 1.54) is 7.11 Å². The van der Waals surface area contributed by atoms with Crippen LogP contribution in [0.2, 0.25) is 0 Å². The van der Waals surface area contributed by atoms with E-state index in [1.54, 1.807) is 12.1 Å². The van der Waals surface area contributed by atoms with E-state index in [2.05, 4.69) is 10.2 Å². The molecule has 19 heavy (non-hydrogen) atoms. The molecule has 0 aliphatic carbocycles. The molecule has 4 nitrogen and oxygen atoms in total. The highest BCUT2D eigenvalue weighted by Gasteiger charge is 2.22. The van der Waals surface area contributed by atoms with Crippen molar-refractivity contribution in [3.05, 3.63) is 23.8 Å². The standard InChI is InChI=1S/C13H19FN2O2.ClH/c1-18-13-3-2-10(8-12(13)17)11(9-14)16-6-4-15-5-7-16;/h2-3,8,11,15,17H,4-7,9H2,1H3;1H/t11-;/m0./s1. The lowest BCUT2D eigenvalue weighted by Gasteiger charge is -2.33. The molecule has 1 heterocycles. The maximum absolute atomic E-state index is 13.3. The van der Waals surface area contributed by atoms with Crippen molar-refractivity contribution in [1.29, 1.82) is 0 Å². The van der Waals surface area contributed by atoms with Gasteiger partial charge in [0.2, 0.25) is 0 Å². The van der Waals surface area contributed by atoms with E-state index < -0.39 is 6.67 Å². The van der Waals surface area contributed by atoms with Crippen molar-refractivity contribution < 1.29 is 14.2 Å². The highest BCUT2D eigenvalue weighted by molar-refractivity contribution is 5.85. The number of methoxy groups -OCH3 is 1. The first kappa shape index (κ1) is 16.0. The summed E-state index contributed by atoms with van der Waals surface area (Å²) in [5.41, 5.74) is 0.790. The van der Waals surface area contributed by atoms with Gasteiger partial charge in [-0.05, 0) is 17.7 Å². The number of piperazine rings is 1. The average Bonchev–Trinajstić information content (AvgIpc) is 2.41. The zero-order valence-corrected chi connectivity index (χ0v) is 11.8. The van der Waals surface area contributed by atoms with Gasteiger partial charge in [-0.3, -0.25) is 4.90 Å². The second kappa shape index (κ2) is 7.53. The normalized spacial score (nSPS) is 17.6. The summed E-state index contributed by atoms with van der Waals surface area (Å²) in [6, 6.07) is 4.79. The summed E-state index contributed by atoms with van der Waals surface area (Å²) in [5.74, 6) is 0.472. The summed E-state index contributed by atoms with van der Waals surface area (Å²) >= 11 is 0. The van der Waals surface area contributed by atoms with Gasteiger partial charge in [0, 0.05) is 26.2 Å². The molecule has 0 bridgehead atoms. The molecule has 2 rings (SSSR count). The molecule has 1 atom stereocenters. The van der Waals surface area contributed by atoms with Crippen LogP contribution in [0.15, 0.2) is 18.2 Å². The van der Waals surface area contributed by atoms with Gasteiger partial charge in [-0.2, -0.15) is 0 Å². The molecule has 1 saturated heterocycles. The zero-order valence-electron chi connectivity index (χ0n) is 10.9. The van der Waals surface area contributed by atoms with Crippen molar-refractivity contribution in [3.63, 3.8) is 0 Å². The van der Waals surface area contributed by atoms with Gasteiger partial charge in [0.1, 0.15) is 6.67 Å². The van der Waals surface area contributed by atoms with E-state index in [-0.39, 0.29) is 24.2 Å². The molecular formula is C13H20ClFN2O2. The largest absolute Gasteiger partial charge is 0.504 e. The maximum atomic E-state index is 13.3. The molecule has 6 heteroatoms. The molecule has 1 aromatic rings. The van der Waals surface area contributed by atoms with Gasteiger partial charge in [0.05, 0.1) is 13.2 Å². The van der Waals surface area contributed by atoms with Crippen LogP contribution < -0.4 is 10.1 Å². The Hall–Kier alpha value is -1.04. The number of hydrogen-bond acceptors (Lipinski definition) is 4. The summed E-state index contributed by atoms with van der Waals surface area (Å²) in [6.07, 6.45) is 0. The summed E-state index contributed by atoms with van der Waals surface area (Å²) < 4.78 is 18.3. The van der Waals surface area contributed by atoms with Gasteiger partial charge < -0.3 is 15.2 Å². The lowest BCUT2D eigenvalue weighted by Crippen LogP contribution is -2.45. The van der Waals surface area contributed by atoms with Crippen molar-refractivity contribution in [2.75, 3.05) is 40.0 Å². The first-order valence-electron chi connectivity index (χ1n) is 6.14. The van der Waals surface area contributed by atoms with E-state index in [9.17, 15) is 9.50 Å². The van der Waals surface area contributed by atoms with Crippen molar-refractivity contribution in [3.8, 4) is 11.5 Å². The molecule has 0 radical (unpaired) electrons. The molecule has 0 saturated carbocycles. The summed E-state index contributed by atoms with van der Waals surface area (Å²) in [7, 11) is 1.50. The fourth-order valence-electron chi connectivity index (χ4n) is 2.31. The summed E-state index contributed by atoms with van der Waals surface area (Å²) in [4.78, 5) is 2.09. The molecule has 0 amide bonds. The minimum atomic E-state index is -0.453. The molecule has 1 aliphatic heterocycles. The number of benzene rings is 1. The highest BCUT2D eigenvalue weighted by Crippen LogP contribution is 2.31. The molecule has 1 aromatic carbocycles. The number of halogens is 2. The Morgan fingerprint density at radius 3 is 2.63 bits per heavy atom. The van der Waals surface area contributed by atoms with Gasteiger partial charge in [-0.1, -0.05) is 6.07 Å². The number of aromatic hydroxyl groups is 1. The van der Waals surface area contributed by atoms with Crippen LogP contribution in [0.25, 0.3) is 0 Å². The van der Waals surface area contributed by atoms with Crippen LogP contribution >= 0.6 is 12.4 Å². The first-order chi connectivity index (χ1) is 8.76. The Balaban J connectivity index is 0.00000180.